The molecule has 1 saturated carbocycles. The molecule has 2 aromatic carbocycles. The number of carbonyl (C=O) groups is 1. The first-order valence-corrected chi connectivity index (χ1v) is 15.7. The smallest absolute Gasteiger partial charge is 0.280 e. The Bertz CT molecular complexity index is 1500. The number of hydrogen-bond donors (Lipinski definition) is 3. The fourth-order valence-corrected chi connectivity index (χ4v) is 7.59. The Balaban J connectivity index is 1.79. The zero-order valence-corrected chi connectivity index (χ0v) is 25.1. The molecule has 1 aliphatic rings. The number of nitrogens with zero attached hydrogens (tertiary/aromatic N) is 1. The largest absolute Gasteiger partial charge is 0.389 e. The number of benzene rings is 2. The van der Waals surface area contributed by atoms with Crippen molar-refractivity contribution in [1.82, 2.24) is 15.0 Å². The summed E-state index contributed by atoms with van der Waals surface area (Å²) in [5, 5.41) is 14.2. The number of carbonyl (C=O) groups excluding carboxylic acids is 1. The summed E-state index contributed by atoms with van der Waals surface area (Å²) in [7, 11) is -3.84. The lowest BCUT2D eigenvalue weighted by molar-refractivity contribution is -0.0457. The molecule has 11 heteroatoms. The molecule has 1 amide bonds. The van der Waals surface area contributed by atoms with E-state index in [4.69, 9.17) is 0 Å². The molecule has 3 aromatic rings. The lowest BCUT2D eigenvalue weighted by Crippen LogP contribution is -2.40. The van der Waals surface area contributed by atoms with Gasteiger partial charge in [0.05, 0.1) is 21.1 Å². The summed E-state index contributed by atoms with van der Waals surface area (Å²) in [5.41, 5.74) is -0.432. The van der Waals surface area contributed by atoms with Gasteiger partial charge in [-0.1, -0.05) is 30.3 Å². The quantitative estimate of drug-likeness (QED) is 0.301. The van der Waals surface area contributed by atoms with Crippen LogP contribution in [0, 0.1) is 5.92 Å². The van der Waals surface area contributed by atoms with Gasteiger partial charge in [-0.05, 0) is 71.3 Å². The van der Waals surface area contributed by atoms with Gasteiger partial charge in [0, 0.05) is 35.9 Å². The molecule has 0 spiro atoms. The number of aromatic nitrogens is 1. The van der Waals surface area contributed by atoms with Gasteiger partial charge in [0.2, 0.25) is 15.9 Å². The first-order valence-electron chi connectivity index (χ1n) is 13.4. The molecule has 0 aliphatic heterocycles. The van der Waals surface area contributed by atoms with Gasteiger partial charge in [0.1, 0.15) is 0 Å². The maximum atomic E-state index is 13.8. The minimum Gasteiger partial charge on any atom is -0.389 e. The van der Waals surface area contributed by atoms with E-state index in [1.54, 1.807) is 58.9 Å². The molecule has 3 N–H and O–H groups in total. The van der Waals surface area contributed by atoms with E-state index in [-0.39, 0.29) is 35.2 Å². The van der Waals surface area contributed by atoms with E-state index in [1.165, 1.54) is 11.3 Å². The van der Waals surface area contributed by atoms with Gasteiger partial charge >= 0.3 is 0 Å². The van der Waals surface area contributed by atoms with Crippen molar-refractivity contribution in [2.45, 2.75) is 88.7 Å². The van der Waals surface area contributed by atoms with Crippen molar-refractivity contribution >= 4 is 38.0 Å². The average molecular weight is 594 g/mol. The molecule has 1 fully saturated rings. The highest BCUT2D eigenvalue weighted by atomic mass is 32.2. The second-order valence-corrected chi connectivity index (χ2v) is 15.0. The molecule has 218 valence electrons. The van der Waals surface area contributed by atoms with Crippen molar-refractivity contribution in [3.8, 4) is 10.4 Å². The number of sulfonamides is 1. The van der Waals surface area contributed by atoms with Crippen LogP contribution in [0.3, 0.4) is 0 Å². The van der Waals surface area contributed by atoms with Crippen LogP contribution in [0.25, 0.3) is 21.2 Å². The van der Waals surface area contributed by atoms with Gasteiger partial charge in [-0.15, -0.1) is 11.3 Å². The monoisotopic (exact) mass is 593 g/mol. The Morgan fingerprint density at radius 1 is 1.07 bits per heavy atom. The van der Waals surface area contributed by atoms with Gasteiger partial charge in [0.25, 0.3) is 5.91 Å². The zero-order valence-electron chi connectivity index (χ0n) is 23.5. The number of halogens is 2. The van der Waals surface area contributed by atoms with Gasteiger partial charge < -0.3 is 10.4 Å². The normalized spacial score (nSPS) is 16.8. The summed E-state index contributed by atoms with van der Waals surface area (Å²) < 4.78 is 56.9. The Hall–Kier alpha value is -2.47. The highest BCUT2D eigenvalue weighted by Gasteiger charge is 2.36. The van der Waals surface area contributed by atoms with Crippen LogP contribution < -0.4 is 10.0 Å². The summed E-state index contributed by atoms with van der Waals surface area (Å²) in [6.07, 6.45) is 0.806. The second kappa shape index (κ2) is 11.1. The molecule has 1 aromatic heterocycles. The molecule has 0 unspecified atom stereocenters. The summed E-state index contributed by atoms with van der Waals surface area (Å²) in [6, 6.07) is 10.5. The molecule has 4 rings (SSSR count). The van der Waals surface area contributed by atoms with Crippen LogP contribution >= 0.6 is 11.3 Å². The second-order valence-electron chi connectivity index (χ2n) is 12.3. The van der Waals surface area contributed by atoms with Crippen LogP contribution in [0.5, 0.6) is 0 Å². The van der Waals surface area contributed by atoms with Crippen molar-refractivity contribution < 1.29 is 27.1 Å². The molecule has 0 radical (unpaired) electrons. The van der Waals surface area contributed by atoms with Crippen molar-refractivity contribution in [2.75, 3.05) is 6.54 Å². The third-order valence-corrected chi connectivity index (χ3v) is 9.70. The summed E-state index contributed by atoms with van der Waals surface area (Å²) >= 11 is 1.18. The van der Waals surface area contributed by atoms with E-state index >= 15 is 0 Å². The third kappa shape index (κ3) is 7.43. The molecule has 0 atom stereocenters. The zero-order chi connectivity index (χ0) is 29.5. The van der Waals surface area contributed by atoms with Crippen LogP contribution in [0.1, 0.15) is 75.8 Å². The van der Waals surface area contributed by atoms with E-state index in [2.05, 4.69) is 15.0 Å². The highest BCUT2D eigenvalue weighted by molar-refractivity contribution is 7.89. The molecule has 40 heavy (non-hydrogen) atoms. The van der Waals surface area contributed by atoms with Crippen LogP contribution in [0.2, 0.25) is 0 Å². The Morgan fingerprint density at radius 3 is 2.30 bits per heavy atom. The number of nitrogens with one attached hydrogen (secondary N) is 2. The Morgan fingerprint density at radius 2 is 1.70 bits per heavy atom. The number of thiazole rings is 1. The number of amides is 1. The number of fused-ring (bicyclic) bond motifs is 1. The molecular weight excluding hydrogens is 556 g/mol. The summed E-state index contributed by atoms with van der Waals surface area (Å²) in [4.78, 5) is 18.5. The van der Waals surface area contributed by atoms with E-state index in [0.29, 0.717) is 40.6 Å². The SMILES string of the molecule is CC(C)(O)CNC(=O)c1nc(CC2CCC(F)(F)CC2)c(-c2ccc(S(=O)(=O)NC(C)(C)C)c3ccccc23)s1. The number of hydrogen-bond acceptors (Lipinski definition) is 6. The van der Waals surface area contributed by atoms with Crippen LogP contribution in [0.15, 0.2) is 41.3 Å². The van der Waals surface area contributed by atoms with E-state index in [0.717, 1.165) is 5.56 Å². The average Bonchev–Trinajstić information content (AvgIpc) is 3.24. The maximum Gasteiger partial charge on any atom is 0.280 e. The minimum atomic E-state index is -3.84. The van der Waals surface area contributed by atoms with Gasteiger partial charge in [-0.3, -0.25) is 4.79 Å². The van der Waals surface area contributed by atoms with Crippen molar-refractivity contribution in [1.29, 1.82) is 0 Å². The standard InChI is InChI=1S/C29H37F2N3O4S2/c1-27(2,3)34-40(37,38)23-11-10-21(19-8-6-7-9-20(19)23)24-22(16-18-12-14-29(30,31)15-13-18)33-26(39-24)25(35)32-17-28(4,5)36/h6-11,18,34,36H,12-17H2,1-5H3,(H,32,35). The minimum absolute atomic E-state index is 0.00494. The van der Waals surface area contributed by atoms with Gasteiger partial charge in [-0.2, -0.15) is 0 Å². The van der Waals surface area contributed by atoms with Gasteiger partial charge in [0.15, 0.2) is 5.01 Å². The molecule has 7 nitrogen and oxygen atoms in total. The predicted molar refractivity (Wildman–Crippen MR) is 154 cm³/mol. The molecule has 1 aliphatic carbocycles. The number of alkyl halides is 2. The molecule has 0 bridgehead atoms. The number of rotatable bonds is 8. The first-order chi connectivity index (χ1) is 18.4. The van der Waals surface area contributed by atoms with E-state index in [9.17, 15) is 27.1 Å². The summed E-state index contributed by atoms with van der Waals surface area (Å²) in [5.74, 6) is -3.09. The molecule has 0 saturated heterocycles. The van der Waals surface area contributed by atoms with Crippen LogP contribution in [0.4, 0.5) is 8.78 Å². The van der Waals surface area contributed by atoms with Crippen molar-refractivity contribution in [3.05, 3.63) is 47.1 Å². The van der Waals surface area contributed by atoms with Crippen molar-refractivity contribution in [2.24, 2.45) is 5.92 Å². The lowest BCUT2D eigenvalue weighted by Gasteiger charge is -2.28. The predicted octanol–water partition coefficient (Wildman–Crippen LogP) is 5.91. The maximum absolute atomic E-state index is 13.8. The van der Waals surface area contributed by atoms with Gasteiger partial charge in [-0.25, -0.2) is 26.9 Å². The lowest BCUT2D eigenvalue weighted by atomic mass is 9.83. The Labute approximate surface area is 238 Å². The fraction of sp³-hybridized carbons (Fsp3) is 0.517. The van der Waals surface area contributed by atoms with Crippen LogP contribution in [-0.2, 0) is 16.4 Å². The van der Waals surface area contributed by atoms with Crippen LogP contribution in [-0.4, -0.2) is 48.0 Å². The number of aliphatic hydroxyl groups is 1. The topological polar surface area (TPSA) is 108 Å². The van der Waals surface area contributed by atoms with E-state index < -0.39 is 33.0 Å². The van der Waals surface area contributed by atoms with E-state index in [1.807, 2.05) is 12.1 Å². The molecular formula is C29H37F2N3O4S2. The fourth-order valence-electron chi connectivity index (χ4n) is 4.91. The third-order valence-electron chi connectivity index (χ3n) is 6.75. The molecule has 1 heterocycles. The first kappa shape index (κ1) is 30.5. The Kier molecular flexibility index (Phi) is 8.44. The highest BCUT2D eigenvalue weighted by Crippen LogP contribution is 2.42. The summed E-state index contributed by atoms with van der Waals surface area (Å²) in [6.45, 7) is 8.52. The van der Waals surface area contributed by atoms with Crippen molar-refractivity contribution in [3.63, 3.8) is 0 Å².